The third-order valence-corrected chi connectivity index (χ3v) is 4.95. The Morgan fingerprint density at radius 3 is 2.92 bits per heavy atom. The number of nitrogens with zero attached hydrogens (tertiary/aromatic N) is 2. The van der Waals surface area contributed by atoms with E-state index in [4.69, 9.17) is 9.47 Å². The number of likely N-dealkylation sites (tertiary alicyclic amines) is 1. The zero-order valence-corrected chi connectivity index (χ0v) is 14.1. The molecule has 0 spiro atoms. The monoisotopic (exact) mass is 338 g/mol. The molecule has 2 atom stereocenters. The Morgan fingerprint density at radius 2 is 2.04 bits per heavy atom. The van der Waals surface area contributed by atoms with Gasteiger partial charge < -0.3 is 14.4 Å². The number of fused-ring (bicyclic) bond motifs is 1. The Kier molecular flexibility index (Phi) is 4.65. The predicted molar refractivity (Wildman–Crippen MR) is 93.3 cm³/mol. The number of benzene rings is 1. The van der Waals surface area contributed by atoms with Crippen molar-refractivity contribution in [3.05, 3.63) is 59.9 Å². The van der Waals surface area contributed by atoms with E-state index in [1.165, 1.54) is 0 Å². The van der Waals surface area contributed by atoms with Gasteiger partial charge in [-0.3, -0.25) is 9.78 Å². The molecule has 4 rings (SSSR count). The number of aromatic nitrogens is 1. The number of carbonyl (C=O) groups is 1. The molecule has 2 unspecified atom stereocenters. The minimum Gasteiger partial charge on any atom is -0.493 e. The quantitative estimate of drug-likeness (QED) is 0.860. The van der Waals surface area contributed by atoms with Gasteiger partial charge in [0.2, 0.25) is 5.91 Å². The normalized spacial score (nSPS) is 22.3. The van der Waals surface area contributed by atoms with Crippen molar-refractivity contribution in [1.82, 2.24) is 9.88 Å². The molecule has 0 radical (unpaired) electrons. The fourth-order valence-electron chi connectivity index (χ4n) is 3.58. The highest BCUT2D eigenvalue weighted by atomic mass is 16.5. The van der Waals surface area contributed by atoms with Crippen LogP contribution in [0.15, 0.2) is 48.8 Å². The SMILES string of the molecule is O=C(C1CCOc2ccccc21)N1CCC(OCc2ccncc2)C1. The Morgan fingerprint density at radius 1 is 1.20 bits per heavy atom. The van der Waals surface area contributed by atoms with E-state index >= 15 is 0 Å². The molecule has 1 aromatic heterocycles. The molecule has 5 heteroatoms. The highest BCUT2D eigenvalue weighted by Crippen LogP contribution is 2.35. The smallest absolute Gasteiger partial charge is 0.230 e. The maximum absolute atomic E-state index is 13.0. The first-order valence-corrected chi connectivity index (χ1v) is 8.82. The number of carbonyl (C=O) groups excluding carboxylic acids is 1. The Balaban J connectivity index is 1.36. The summed E-state index contributed by atoms with van der Waals surface area (Å²) in [6.07, 6.45) is 5.28. The summed E-state index contributed by atoms with van der Waals surface area (Å²) in [5, 5.41) is 0. The van der Waals surface area contributed by atoms with Crippen molar-refractivity contribution in [2.45, 2.75) is 31.5 Å². The van der Waals surface area contributed by atoms with E-state index in [2.05, 4.69) is 4.98 Å². The number of ether oxygens (including phenoxy) is 2. The first-order valence-electron chi connectivity index (χ1n) is 8.82. The topological polar surface area (TPSA) is 51.7 Å². The minimum absolute atomic E-state index is 0.0936. The van der Waals surface area contributed by atoms with Crippen LogP contribution in [0.5, 0.6) is 5.75 Å². The second-order valence-corrected chi connectivity index (χ2v) is 6.59. The molecule has 2 aliphatic rings. The van der Waals surface area contributed by atoms with Crippen molar-refractivity contribution in [3.63, 3.8) is 0 Å². The van der Waals surface area contributed by atoms with Crippen LogP contribution >= 0.6 is 0 Å². The van der Waals surface area contributed by atoms with Gasteiger partial charge in [-0.15, -0.1) is 0 Å². The van der Waals surface area contributed by atoms with Gasteiger partial charge >= 0.3 is 0 Å². The first-order chi connectivity index (χ1) is 12.3. The molecule has 0 N–H and O–H groups in total. The van der Waals surface area contributed by atoms with Crippen molar-refractivity contribution in [2.24, 2.45) is 0 Å². The van der Waals surface area contributed by atoms with Gasteiger partial charge in [0.1, 0.15) is 5.75 Å². The summed E-state index contributed by atoms with van der Waals surface area (Å²) in [5.74, 6) is 0.950. The molecular weight excluding hydrogens is 316 g/mol. The molecule has 3 heterocycles. The van der Waals surface area contributed by atoms with Crippen LogP contribution in [0.1, 0.15) is 29.9 Å². The van der Waals surface area contributed by atoms with Gasteiger partial charge in [-0.1, -0.05) is 18.2 Å². The van der Waals surface area contributed by atoms with E-state index in [9.17, 15) is 4.79 Å². The summed E-state index contributed by atoms with van der Waals surface area (Å²) < 4.78 is 11.7. The number of amides is 1. The number of pyridine rings is 1. The Hall–Kier alpha value is -2.40. The molecule has 5 nitrogen and oxygen atoms in total. The van der Waals surface area contributed by atoms with Gasteiger partial charge in [-0.05, 0) is 36.6 Å². The number of para-hydroxylation sites is 1. The number of rotatable bonds is 4. The Labute approximate surface area is 147 Å². The lowest BCUT2D eigenvalue weighted by atomic mass is 9.92. The van der Waals surface area contributed by atoms with Crippen molar-refractivity contribution >= 4 is 5.91 Å². The van der Waals surface area contributed by atoms with E-state index in [-0.39, 0.29) is 17.9 Å². The van der Waals surface area contributed by atoms with E-state index < -0.39 is 0 Å². The highest BCUT2D eigenvalue weighted by molar-refractivity contribution is 5.85. The van der Waals surface area contributed by atoms with E-state index in [0.717, 1.165) is 36.3 Å². The summed E-state index contributed by atoms with van der Waals surface area (Å²) in [6.45, 7) is 2.60. The summed E-state index contributed by atoms with van der Waals surface area (Å²) in [7, 11) is 0. The van der Waals surface area contributed by atoms with Crippen LogP contribution in [0.4, 0.5) is 0 Å². The fourth-order valence-corrected chi connectivity index (χ4v) is 3.58. The van der Waals surface area contributed by atoms with Crippen LogP contribution in [-0.4, -0.2) is 41.6 Å². The molecule has 1 saturated heterocycles. The molecule has 0 aliphatic carbocycles. The van der Waals surface area contributed by atoms with Crippen LogP contribution in [0.25, 0.3) is 0 Å². The maximum atomic E-state index is 13.0. The van der Waals surface area contributed by atoms with Gasteiger partial charge in [0.25, 0.3) is 0 Å². The number of hydrogen-bond donors (Lipinski definition) is 0. The lowest BCUT2D eigenvalue weighted by Gasteiger charge is -2.28. The van der Waals surface area contributed by atoms with Gasteiger partial charge in [0.15, 0.2) is 0 Å². The molecular formula is C20H22N2O3. The van der Waals surface area contributed by atoms with Crippen molar-refractivity contribution in [3.8, 4) is 5.75 Å². The fraction of sp³-hybridized carbons (Fsp3) is 0.400. The van der Waals surface area contributed by atoms with Crippen molar-refractivity contribution in [2.75, 3.05) is 19.7 Å². The largest absolute Gasteiger partial charge is 0.493 e. The van der Waals surface area contributed by atoms with Crippen LogP contribution in [0.2, 0.25) is 0 Å². The molecule has 2 aliphatic heterocycles. The third-order valence-electron chi connectivity index (χ3n) is 4.95. The Bertz CT molecular complexity index is 735. The summed E-state index contributed by atoms with van der Waals surface area (Å²) in [5.41, 5.74) is 2.12. The first kappa shape index (κ1) is 16.1. The second kappa shape index (κ2) is 7.23. The van der Waals surface area contributed by atoms with Gasteiger partial charge in [0.05, 0.1) is 25.2 Å². The molecule has 2 aromatic rings. The summed E-state index contributed by atoms with van der Waals surface area (Å²) in [6, 6.07) is 11.8. The maximum Gasteiger partial charge on any atom is 0.230 e. The zero-order valence-electron chi connectivity index (χ0n) is 14.1. The number of hydrogen-bond acceptors (Lipinski definition) is 4. The molecule has 0 bridgehead atoms. The summed E-state index contributed by atoms with van der Waals surface area (Å²) in [4.78, 5) is 18.9. The molecule has 1 amide bonds. The van der Waals surface area contributed by atoms with Crippen molar-refractivity contribution < 1.29 is 14.3 Å². The third kappa shape index (κ3) is 3.51. The van der Waals surface area contributed by atoms with Gasteiger partial charge in [-0.2, -0.15) is 0 Å². The molecule has 25 heavy (non-hydrogen) atoms. The minimum atomic E-state index is -0.0936. The molecule has 1 fully saturated rings. The second-order valence-electron chi connectivity index (χ2n) is 6.59. The lowest BCUT2D eigenvalue weighted by molar-refractivity contribution is -0.133. The average molecular weight is 338 g/mol. The standard InChI is InChI=1S/C20H22N2O3/c23-20(18-8-12-24-19-4-2-1-3-17(18)19)22-11-7-16(13-22)25-14-15-5-9-21-10-6-15/h1-6,9-10,16,18H,7-8,11-14H2. The molecule has 1 aromatic carbocycles. The molecule has 130 valence electrons. The van der Waals surface area contributed by atoms with Crippen LogP contribution < -0.4 is 4.74 Å². The van der Waals surface area contributed by atoms with E-state index in [0.29, 0.717) is 19.8 Å². The van der Waals surface area contributed by atoms with Crippen LogP contribution in [-0.2, 0) is 16.1 Å². The lowest BCUT2D eigenvalue weighted by Crippen LogP contribution is -2.36. The van der Waals surface area contributed by atoms with Gasteiger partial charge in [0, 0.05) is 31.0 Å². The van der Waals surface area contributed by atoms with Crippen LogP contribution in [0.3, 0.4) is 0 Å². The predicted octanol–water partition coefficient (Wildman–Crippen LogP) is 2.77. The highest BCUT2D eigenvalue weighted by Gasteiger charge is 2.34. The van der Waals surface area contributed by atoms with Crippen molar-refractivity contribution in [1.29, 1.82) is 0 Å². The van der Waals surface area contributed by atoms with E-state index in [1.807, 2.05) is 41.3 Å². The molecule has 0 saturated carbocycles. The van der Waals surface area contributed by atoms with E-state index in [1.54, 1.807) is 12.4 Å². The summed E-state index contributed by atoms with van der Waals surface area (Å²) >= 11 is 0. The average Bonchev–Trinajstić information content (AvgIpc) is 3.15. The van der Waals surface area contributed by atoms with Crippen LogP contribution in [0, 0.1) is 0 Å². The van der Waals surface area contributed by atoms with Gasteiger partial charge in [-0.25, -0.2) is 0 Å². The zero-order chi connectivity index (χ0) is 17.1.